The fraction of sp³-hybridized carbons (Fsp3) is 0.444. The second-order valence-electron chi connectivity index (χ2n) is 6.16. The number of nitrogens with zero attached hydrogens (tertiary/aromatic N) is 2. The SMILES string of the molecule is CCc1noc(C)c1C(=O)N1CCC[C@@H](Nc2cccc(F)c2)C1. The molecule has 2 aromatic rings. The highest BCUT2D eigenvalue weighted by molar-refractivity contribution is 5.96. The van der Waals surface area contributed by atoms with Crippen molar-refractivity contribution in [2.75, 3.05) is 18.4 Å². The van der Waals surface area contributed by atoms with Gasteiger partial charge in [-0.15, -0.1) is 0 Å². The molecule has 1 aliphatic rings. The van der Waals surface area contributed by atoms with E-state index in [0.29, 0.717) is 36.5 Å². The Kier molecular flexibility index (Phi) is 4.83. The molecular weight excluding hydrogens is 309 g/mol. The summed E-state index contributed by atoms with van der Waals surface area (Å²) in [4.78, 5) is 14.7. The quantitative estimate of drug-likeness (QED) is 0.933. The van der Waals surface area contributed by atoms with Crippen molar-refractivity contribution >= 4 is 11.6 Å². The summed E-state index contributed by atoms with van der Waals surface area (Å²) in [6.45, 7) is 5.03. The molecule has 0 bridgehead atoms. The van der Waals surface area contributed by atoms with Gasteiger partial charge >= 0.3 is 0 Å². The lowest BCUT2D eigenvalue weighted by Gasteiger charge is -2.33. The van der Waals surface area contributed by atoms with Crippen molar-refractivity contribution in [2.24, 2.45) is 0 Å². The third kappa shape index (κ3) is 3.42. The molecule has 1 fully saturated rings. The van der Waals surface area contributed by atoms with Crippen LogP contribution in [0.1, 0.15) is 41.6 Å². The number of hydrogen-bond donors (Lipinski definition) is 1. The van der Waals surface area contributed by atoms with E-state index in [0.717, 1.165) is 18.5 Å². The van der Waals surface area contributed by atoms with Crippen LogP contribution in [0.5, 0.6) is 0 Å². The molecule has 0 spiro atoms. The van der Waals surface area contributed by atoms with Crippen LogP contribution >= 0.6 is 0 Å². The molecule has 0 radical (unpaired) electrons. The van der Waals surface area contributed by atoms with Crippen molar-refractivity contribution in [1.29, 1.82) is 0 Å². The summed E-state index contributed by atoms with van der Waals surface area (Å²) in [6.07, 6.45) is 2.52. The van der Waals surface area contributed by atoms with Crippen molar-refractivity contribution in [2.45, 2.75) is 39.2 Å². The van der Waals surface area contributed by atoms with E-state index in [1.807, 2.05) is 17.9 Å². The Morgan fingerprint density at radius 1 is 1.50 bits per heavy atom. The van der Waals surface area contributed by atoms with Crippen LogP contribution in [0.25, 0.3) is 0 Å². The second-order valence-corrected chi connectivity index (χ2v) is 6.16. The van der Waals surface area contributed by atoms with Gasteiger partial charge in [-0.1, -0.05) is 18.1 Å². The molecule has 1 aliphatic heterocycles. The maximum Gasteiger partial charge on any atom is 0.259 e. The number of aryl methyl sites for hydroxylation is 2. The monoisotopic (exact) mass is 331 g/mol. The van der Waals surface area contributed by atoms with E-state index in [9.17, 15) is 9.18 Å². The zero-order valence-electron chi connectivity index (χ0n) is 14.0. The Bertz CT molecular complexity index is 729. The van der Waals surface area contributed by atoms with E-state index in [2.05, 4.69) is 10.5 Å². The molecule has 1 amide bonds. The molecule has 0 aliphatic carbocycles. The van der Waals surface area contributed by atoms with E-state index >= 15 is 0 Å². The van der Waals surface area contributed by atoms with Gasteiger partial charge in [-0.3, -0.25) is 4.79 Å². The summed E-state index contributed by atoms with van der Waals surface area (Å²) in [7, 11) is 0. The number of amides is 1. The van der Waals surface area contributed by atoms with E-state index < -0.39 is 0 Å². The molecule has 1 saturated heterocycles. The number of hydrogen-bond acceptors (Lipinski definition) is 4. The van der Waals surface area contributed by atoms with E-state index in [-0.39, 0.29) is 17.8 Å². The van der Waals surface area contributed by atoms with Crippen LogP contribution in [-0.4, -0.2) is 35.1 Å². The topological polar surface area (TPSA) is 58.4 Å². The number of aromatic nitrogens is 1. The smallest absolute Gasteiger partial charge is 0.259 e. The first-order valence-corrected chi connectivity index (χ1v) is 8.35. The fourth-order valence-electron chi connectivity index (χ4n) is 3.18. The Hall–Kier alpha value is -2.37. The number of nitrogens with one attached hydrogen (secondary N) is 1. The average molecular weight is 331 g/mol. The maximum absolute atomic E-state index is 13.3. The lowest BCUT2D eigenvalue weighted by atomic mass is 10.0. The lowest BCUT2D eigenvalue weighted by molar-refractivity contribution is 0.0712. The Balaban J connectivity index is 1.71. The number of rotatable bonds is 4. The van der Waals surface area contributed by atoms with Crippen molar-refractivity contribution in [1.82, 2.24) is 10.1 Å². The van der Waals surface area contributed by atoms with Crippen LogP contribution in [0.3, 0.4) is 0 Å². The van der Waals surface area contributed by atoms with Crippen LogP contribution in [0.2, 0.25) is 0 Å². The highest BCUT2D eigenvalue weighted by Gasteiger charge is 2.28. The van der Waals surface area contributed by atoms with Gasteiger partial charge in [0.15, 0.2) is 0 Å². The predicted molar refractivity (Wildman–Crippen MR) is 89.6 cm³/mol. The van der Waals surface area contributed by atoms with Gasteiger partial charge in [0.25, 0.3) is 5.91 Å². The minimum atomic E-state index is -0.267. The highest BCUT2D eigenvalue weighted by atomic mass is 19.1. The number of anilines is 1. The molecule has 1 N–H and O–H groups in total. The molecule has 1 atom stereocenters. The zero-order chi connectivity index (χ0) is 17.1. The molecule has 128 valence electrons. The van der Waals surface area contributed by atoms with Gasteiger partial charge < -0.3 is 14.7 Å². The molecule has 1 aromatic heterocycles. The third-order valence-corrected chi connectivity index (χ3v) is 4.39. The van der Waals surface area contributed by atoms with Crippen molar-refractivity contribution in [3.05, 3.63) is 47.1 Å². The zero-order valence-corrected chi connectivity index (χ0v) is 14.0. The summed E-state index contributed by atoms with van der Waals surface area (Å²) in [5.41, 5.74) is 2.03. The van der Waals surface area contributed by atoms with Gasteiger partial charge in [-0.2, -0.15) is 0 Å². The first-order chi connectivity index (χ1) is 11.6. The molecular formula is C18H22FN3O2. The number of carbonyl (C=O) groups excluding carboxylic acids is 1. The molecule has 0 saturated carbocycles. The molecule has 0 unspecified atom stereocenters. The van der Waals surface area contributed by atoms with Crippen LogP contribution in [0.15, 0.2) is 28.8 Å². The molecule has 24 heavy (non-hydrogen) atoms. The Morgan fingerprint density at radius 2 is 2.33 bits per heavy atom. The number of halogens is 1. The summed E-state index contributed by atoms with van der Waals surface area (Å²) in [5, 5.41) is 7.29. The van der Waals surface area contributed by atoms with Crippen LogP contribution in [-0.2, 0) is 6.42 Å². The Labute approximate surface area is 140 Å². The lowest BCUT2D eigenvalue weighted by Crippen LogP contribution is -2.45. The average Bonchev–Trinajstić information content (AvgIpc) is 2.95. The van der Waals surface area contributed by atoms with Crippen molar-refractivity contribution in [3.63, 3.8) is 0 Å². The first kappa shape index (κ1) is 16.5. The van der Waals surface area contributed by atoms with Gasteiger partial charge in [0, 0.05) is 24.8 Å². The van der Waals surface area contributed by atoms with Gasteiger partial charge in [-0.05, 0) is 44.4 Å². The Morgan fingerprint density at radius 3 is 3.08 bits per heavy atom. The molecule has 3 rings (SSSR count). The number of piperidine rings is 1. The minimum Gasteiger partial charge on any atom is -0.380 e. The van der Waals surface area contributed by atoms with E-state index in [4.69, 9.17) is 4.52 Å². The molecule has 1 aromatic carbocycles. The van der Waals surface area contributed by atoms with E-state index in [1.54, 1.807) is 13.0 Å². The van der Waals surface area contributed by atoms with Gasteiger partial charge in [0.1, 0.15) is 17.1 Å². The highest BCUT2D eigenvalue weighted by Crippen LogP contribution is 2.21. The fourth-order valence-corrected chi connectivity index (χ4v) is 3.18. The number of carbonyl (C=O) groups is 1. The van der Waals surface area contributed by atoms with Gasteiger partial charge in [-0.25, -0.2) is 4.39 Å². The predicted octanol–water partition coefficient (Wildman–Crippen LogP) is 3.40. The summed E-state index contributed by atoms with van der Waals surface area (Å²) < 4.78 is 18.5. The summed E-state index contributed by atoms with van der Waals surface area (Å²) in [6, 6.07) is 6.51. The normalized spacial score (nSPS) is 17.8. The molecule has 2 heterocycles. The minimum absolute atomic E-state index is 0.0312. The van der Waals surface area contributed by atoms with Crippen LogP contribution in [0.4, 0.5) is 10.1 Å². The summed E-state index contributed by atoms with van der Waals surface area (Å²) >= 11 is 0. The molecule has 6 heteroatoms. The van der Waals surface area contributed by atoms with Gasteiger partial charge in [0.2, 0.25) is 0 Å². The maximum atomic E-state index is 13.3. The van der Waals surface area contributed by atoms with Crippen molar-refractivity contribution in [3.8, 4) is 0 Å². The molecule has 5 nitrogen and oxygen atoms in total. The standard InChI is InChI=1S/C18H22FN3O2/c1-3-16-17(12(2)24-21-16)18(23)22-9-5-8-15(11-22)20-14-7-4-6-13(19)10-14/h4,6-7,10,15,20H,3,5,8-9,11H2,1-2H3/t15-/m1/s1. The summed E-state index contributed by atoms with van der Waals surface area (Å²) in [5.74, 6) is 0.268. The third-order valence-electron chi connectivity index (χ3n) is 4.39. The van der Waals surface area contributed by atoms with Crippen LogP contribution < -0.4 is 5.32 Å². The van der Waals surface area contributed by atoms with E-state index in [1.165, 1.54) is 12.1 Å². The number of likely N-dealkylation sites (tertiary alicyclic amines) is 1. The van der Waals surface area contributed by atoms with Crippen molar-refractivity contribution < 1.29 is 13.7 Å². The van der Waals surface area contributed by atoms with Gasteiger partial charge in [0.05, 0.1) is 5.69 Å². The largest absolute Gasteiger partial charge is 0.380 e. The van der Waals surface area contributed by atoms with Crippen LogP contribution in [0, 0.1) is 12.7 Å². The second kappa shape index (κ2) is 7.03. The first-order valence-electron chi connectivity index (χ1n) is 8.35. The number of benzene rings is 1.